The van der Waals surface area contributed by atoms with Crippen molar-refractivity contribution in [2.24, 2.45) is 5.92 Å². The zero-order valence-electron chi connectivity index (χ0n) is 31.0. The van der Waals surface area contributed by atoms with E-state index in [0.29, 0.717) is 77.3 Å². The van der Waals surface area contributed by atoms with Crippen LogP contribution < -0.4 is 20.9 Å². The fraction of sp³-hybridized carbons (Fsp3) is 0.564. The van der Waals surface area contributed by atoms with E-state index in [0.717, 1.165) is 47.2 Å². The maximum atomic E-state index is 13.6. The second-order valence-corrected chi connectivity index (χ2v) is 14.2. The molecule has 0 atom stereocenters. The van der Waals surface area contributed by atoms with Crippen LogP contribution in [0.3, 0.4) is 0 Å². The number of rotatable bonds is 23. The number of anilines is 1. The first-order chi connectivity index (χ1) is 25.7. The van der Waals surface area contributed by atoms with E-state index in [9.17, 15) is 24.0 Å². The van der Waals surface area contributed by atoms with Gasteiger partial charge in [0.25, 0.3) is 5.91 Å². The van der Waals surface area contributed by atoms with Gasteiger partial charge in [0.2, 0.25) is 17.7 Å². The first-order valence-corrected chi connectivity index (χ1v) is 19.8. The zero-order valence-corrected chi connectivity index (χ0v) is 31.8. The number of aromatic nitrogens is 1. The Labute approximate surface area is 315 Å². The molecule has 1 fully saturated rings. The van der Waals surface area contributed by atoms with Crippen LogP contribution in [0.5, 0.6) is 0 Å². The fourth-order valence-corrected chi connectivity index (χ4v) is 7.36. The molecular formula is C39H55N5O8S. The highest BCUT2D eigenvalue weighted by Crippen LogP contribution is 2.28. The number of fused-ring (bicyclic) bond motifs is 1. The Morgan fingerprint density at radius 3 is 2.40 bits per heavy atom. The lowest BCUT2D eigenvalue weighted by Gasteiger charge is -2.28. The van der Waals surface area contributed by atoms with E-state index in [2.05, 4.69) is 28.9 Å². The summed E-state index contributed by atoms with van der Waals surface area (Å²) in [5.41, 5.74) is 3.36. The SMILES string of the molecule is CCc1cccc(N(CC)C(=O)Cn2c(C(=O)NC3CCC(C(=O)NCCCCCC(=O)NCCOCCOCCC(=O)O)CC3)cc3sccc32)c1. The molecule has 1 aliphatic carbocycles. The molecular weight excluding hydrogens is 699 g/mol. The molecule has 1 saturated carbocycles. The van der Waals surface area contributed by atoms with E-state index >= 15 is 0 Å². The highest BCUT2D eigenvalue weighted by Gasteiger charge is 2.29. The molecule has 0 unspecified atom stereocenters. The molecule has 14 heteroatoms. The Balaban J connectivity index is 1.11. The summed E-state index contributed by atoms with van der Waals surface area (Å²) in [6, 6.07) is 11.8. The Morgan fingerprint density at radius 2 is 1.66 bits per heavy atom. The fourth-order valence-electron chi connectivity index (χ4n) is 6.54. The molecule has 2 aromatic heterocycles. The number of hydrogen-bond donors (Lipinski definition) is 4. The van der Waals surface area contributed by atoms with Crippen LogP contribution in [0.15, 0.2) is 41.8 Å². The van der Waals surface area contributed by atoms with Gasteiger partial charge in [-0.05, 0) is 87.1 Å². The third-order valence-electron chi connectivity index (χ3n) is 9.51. The molecule has 1 aliphatic rings. The van der Waals surface area contributed by atoms with Crippen LogP contribution in [-0.2, 0) is 41.6 Å². The normalized spacial score (nSPS) is 15.6. The third-order valence-corrected chi connectivity index (χ3v) is 10.4. The number of likely N-dealkylation sites (N-methyl/N-ethyl adjacent to an activating group) is 1. The highest BCUT2D eigenvalue weighted by atomic mass is 32.1. The quantitative estimate of drug-likeness (QED) is 0.0992. The van der Waals surface area contributed by atoms with E-state index in [1.54, 1.807) is 16.2 Å². The van der Waals surface area contributed by atoms with Gasteiger partial charge in [-0.1, -0.05) is 25.5 Å². The molecule has 13 nitrogen and oxygen atoms in total. The van der Waals surface area contributed by atoms with Crippen molar-refractivity contribution in [1.82, 2.24) is 20.5 Å². The maximum absolute atomic E-state index is 13.6. The molecule has 4 N–H and O–H groups in total. The van der Waals surface area contributed by atoms with Gasteiger partial charge in [-0.15, -0.1) is 11.3 Å². The molecule has 53 heavy (non-hydrogen) atoms. The Hall–Kier alpha value is -4.27. The van der Waals surface area contributed by atoms with Crippen LogP contribution in [0, 0.1) is 5.92 Å². The average molecular weight is 754 g/mol. The van der Waals surface area contributed by atoms with Crippen LogP contribution >= 0.6 is 11.3 Å². The summed E-state index contributed by atoms with van der Waals surface area (Å²) in [7, 11) is 0. The molecule has 0 bridgehead atoms. The minimum Gasteiger partial charge on any atom is -0.481 e. The minimum absolute atomic E-state index is 0.0381. The van der Waals surface area contributed by atoms with Crippen molar-refractivity contribution < 1.29 is 38.6 Å². The second-order valence-electron chi connectivity index (χ2n) is 13.3. The van der Waals surface area contributed by atoms with Crippen molar-refractivity contribution in [3.05, 3.63) is 53.0 Å². The number of unbranched alkanes of at least 4 members (excludes halogenated alkanes) is 2. The van der Waals surface area contributed by atoms with E-state index in [4.69, 9.17) is 14.6 Å². The molecule has 3 aromatic rings. The summed E-state index contributed by atoms with van der Waals surface area (Å²) in [6.45, 7) is 6.74. The molecule has 0 aliphatic heterocycles. The number of carbonyl (C=O) groups is 5. The lowest BCUT2D eigenvalue weighted by atomic mass is 9.85. The van der Waals surface area contributed by atoms with Crippen molar-refractivity contribution in [3.63, 3.8) is 0 Å². The van der Waals surface area contributed by atoms with Crippen LogP contribution in [0.2, 0.25) is 0 Å². The van der Waals surface area contributed by atoms with Gasteiger partial charge in [0.05, 0.1) is 43.1 Å². The van der Waals surface area contributed by atoms with Crippen molar-refractivity contribution in [2.45, 2.75) is 90.6 Å². The Kier molecular flexibility index (Phi) is 17.3. The van der Waals surface area contributed by atoms with Crippen molar-refractivity contribution in [3.8, 4) is 0 Å². The van der Waals surface area contributed by atoms with Gasteiger partial charge in [0.15, 0.2) is 0 Å². The van der Waals surface area contributed by atoms with Crippen LogP contribution in [-0.4, -0.2) is 91.4 Å². The molecule has 0 spiro atoms. The molecule has 290 valence electrons. The number of benzene rings is 1. The number of carboxylic acids is 1. The number of nitrogens with one attached hydrogen (secondary N) is 3. The second kappa shape index (κ2) is 22.1. The topological polar surface area (TPSA) is 168 Å². The number of aliphatic carboxylic acids is 1. The van der Waals surface area contributed by atoms with Gasteiger partial charge in [-0.3, -0.25) is 24.0 Å². The lowest BCUT2D eigenvalue weighted by Crippen LogP contribution is -2.42. The van der Waals surface area contributed by atoms with Gasteiger partial charge in [0.1, 0.15) is 12.2 Å². The lowest BCUT2D eigenvalue weighted by molar-refractivity contribution is -0.138. The standard InChI is InChI=1S/C39H55N5O8S/c1-3-28-9-8-10-31(25-28)43(4-2)36(46)27-44-32-17-24-53-34(32)26-33(44)39(50)42-30-14-12-29(13-15-30)38(49)41-18-7-5-6-11-35(45)40-19-21-52-23-22-51-20-16-37(47)48/h8-10,17,24-26,29-30H,3-7,11-16,18-23,27H2,1-2H3,(H,40,45)(H,41,49)(H,42,50)(H,47,48). The first kappa shape index (κ1) is 41.5. The minimum atomic E-state index is -0.902. The smallest absolute Gasteiger partial charge is 0.305 e. The predicted octanol–water partition coefficient (Wildman–Crippen LogP) is 4.91. The summed E-state index contributed by atoms with van der Waals surface area (Å²) in [5, 5.41) is 19.6. The van der Waals surface area contributed by atoms with E-state index in [-0.39, 0.29) is 55.2 Å². The third kappa shape index (κ3) is 13.3. The van der Waals surface area contributed by atoms with Crippen molar-refractivity contribution >= 4 is 56.8 Å². The molecule has 1 aromatic carbocycles. The molecule has 4 amide bonds. The molecule has 4 rings (SSSR count). The van der Waals surface area contributed by atoms with E-state index in [1.807, 2.05) is 47.2 Å². The monoisotopic (exact) mass is 753 g/mol. The summed E-state index contributed by atoms with van der Waals surface area (Å²) in [6.07, 6.45) is 6.38. The van der Waals surface area contributed by atoms with E-state index in [1.165, 1.54) is 0 Å². The molecule has 0 radical (unpaired) electrons. The number of carboxylic acid groups (broad SMARTS) is 1. The van der Waals surface area contributed by atoms with Crippen LogP contribution in [0.25, 0.3) is 10.2 Å². The van der Waals surface area contributed by atoms with Crippen molar-refractivity contribution in [2.75, 3.05) is 51.0 Å². The van der Waals surface area contributed by atoms with Gasteiger partial charge in [-0.25, -0.2) is 0 Å². The Morgan fingerprint density at radius 1 is 0.887 bits per heavy atom. The summed E-state index contributed by atoms with van der Waals surface area (Å²) in [5.74, 6) is -1.28. The summed E-state index contributed by atoms with van der Waals surface area (Å²) in [4.78, 5) is 64.3. The molecule has 0 saturated heterocycles. The maximum Gasteiger partial charge on any atom is 0.305 e. The zero-order chi connectivity index (χ0) is 38.0. The number of hydrogen-bond acceptors (Lipinski definition) is 8. The summed E-state index contributed by atoms with van der Waals surface area (Å²) < 4.78 is 13.3. The number of thiophene rings is 1. The van der Waals surface area contributed by atoms with E-state index < -0.39 is 5.97 Å². The average Bonchev–Trinajstić information content (AvgIpc) is 3.75. The number of ether oxygens (including phenoxy) is 2. The first-order valence-electron chi connectivity index (χ1n) is 18.9. The van der Waals surface area contributed by atoms with Gasteiger partial charge >= 0.3 is 5.97 Å². The summed E-state index contributed by atoms with van der Waals surface area (Å²) >= 11 is 1.54. The van der Waals surface area contributed by atoms with Gasteiger partial charge < -0.3 is 40.0 Å². The predicted molar refractivity (Wildman–Crippen MR) is 205 cm³/mol. The Bertz CT molecular complexity index is 1650. The molecule has 2 heterocycles. The van der Waals surface area contributed by atoms with Crippen LogP contribution in [0.4, 0.5) is 5.69 Å². The number of aryl methyl sites for hydroxylation is 1. The van der Waals surface area contributed by atoms with Crippen LogP contribution in [0.1, 0.15) is 87.7 Å². The largest absolute Gasteiger partial charge is 0.481 e. The number of nitrogens with zero attached hydrogens (tertiary/aromatic N) is 2. The van der Waals surface area contributed by atoms with Gasteiger partial charge in [-0.2, -0.15) is 0 Å². The highest BCUT2D eigenvalue weighted by molar-refractivity contribution is 7.17. The number of carbonyl (C=O) groups excluding carboxylic acids is 4. The van der Waals surface area contributed by atoms with Crippen molar-refractivity contribution in [1.29, 1.82) is 0 Å². The van der Waals surface area contributed by atoms with Gasteiger partial charge in [0, 0.05) is 43.7 Å². The number of amides is 4.